The maximum atomic E-state index is 5.62. The summed E-state index contributed by atoms with van der Waals surface area (Å²) in [4.78, 5) is 2.61. The Morgan fingerprint density at radius 2 is 1.95 bits per heavy atom. The fourth-order valence-corrected chi connectivity index (χ4v) is 4.44. The lowest BCUT2D eigenvalue weighted by atomic mass is 9.77. The van der Waals surface area contributed by atoms with Gasteiger partial charge < -0.3 is 9.42 Å². The molecule has 4 rings (SSSR count). The van der Waals surface area contributed by atoms with Crippen molar-refractivity contribution < 1.29 is 4.52 Å². The third-order valence-electron chi connectivity index (χ3n) is 5.38. The number of fused-ring (bicyclic) bond motifs is 2. The summed E-state index contributed by atoms with van der Waals surface area (Å²) in [6.07, 6.45) is 8.31. The number of benzene rings is 1. The summed E-state index contributed by atoms with van der Waals surface area (Å²) in [5, 5.41) is 4.09. The van der Waals surface area contributed by atoms with E-state index >= 15 is 0 Å². The maximum Gasteiger partial charge on any atom is 0.164 e. The van der Waals surface area contributed by atoms with Crippen LogP contribution in [-0.4, -0.2) is 5.16 Å². The molecule has 21 heavy (non-hydrogen) atoms. The van der Waals surface area contributed by atoms with E-state index in [0.29, 0.717) is 0 Å². The first-order valence-electron chi connectivity index (χ1n) is 8.04. The zero-order valence-corrected chi connectivity index (χ0v) is 12.8. The highest BCUT2D eigenvalue weighted by atomic mass is 16.5. The molecular formula is C18H22N2O. The summed E-state index contributed by atoms with van der Waals surface area (Å²) < 4.78 is 5.62. The van der Waals surface area contributed by atoms with Gasteiger partial charge in [-0.1, -0.05) is 42.6 Å². The first-order chi connectivity index (χ1) is 10.2. The van der Waals surface area contributed by atoms with E-state index in [4.69, 9.17) is 4.52 Å². The van der Waals surface area contributed by atoms with Crippen LogP contribution in [0.25, 0.3) is 0 Å². The molecule has 3 heteroatoms. The Morgan fingerprint density at radius 1 is 1.19 bits per heavy atom. The summed E-state index contributed by atoms with van der Waals surface area (Å²) in [7, 11) is 0. The average molecular weight is 282 g/mol. The quantitative estimate of drug-likeness (QED) is 0.757. The van der Waals surface area contributed by atoms with Crippen molar-refractivity contribution in [1.29, 1.82) is 0 Å². The van der Waals surface area contributed by atoms with E-state index in [-0.39, 0.29) is 11.6 Å². The van der Waals surface area contributed by atoms with Gasteiger partial charge in [-0.2, -0.15) is 0 Å². The van der Waals surface area contributed by atoms with Crippen LogP contribution in [0.2, 0.25) is 0 Å². The molecule has 1 spiro atoms. The van der Waals surface area contributed by atoms with E-state index in [2.05, 4.69) is 48.2 Å². The van der Waals surface area contributed by atoms with Crippen molar-refractivity contribution in [1.82, 2.24) is 5.16 Å². The zero-order valence-electron chi connectivity index (χ0n) is 12.8. The van der Waals surface area contributed by atoms with Crippen molar-refractivity contribution in [3.8, 4) is 0 Å². The second kappa shape index (κ2) is 4.62. The third kappa shape index (κ3) is 1.69. The van der Waals surface area contributed by atoms with Gasteiger partial charge in [-0.05, 0) is 38.3 Å². The third-order valence-corrected chi connectivity index (χ3v) is 5.38. The molecule has 3 nitrogen and oxygen atoms in total. The molecule has 2 heterocycles. The summed E-state index contributed by atoms with van der Waals surface area (Å²) in [5.74, 6) is 1.07. The van der Waals surface area contributed by atoms with Gasteiger partial charge in [-0.3, -0.25) is 0 Å². The van der Waals surface area contributed by atoms with Crippen LogP contribution in [0.1, 0.15) is 62.0 Å². The Hall–Kier alpha value is -1.77. The second-order valence-corrected chi connectivity index (χ2v) is 6.53. The molecule has 2 aromatic rings. The van der Waals surface area contributed by atoms with Crippen LogP contribution in [0.15, 0.2) is 35.0 Å². The highest BCUT2D eigenvalue weighted by molar-refractivity contribution is 5.61. The molecule has 1 aromatic carbocycles. The Morgan fingerprint density at radius 3 is 2.71 bits per heavy atom. The van der Waals surface area contributed by atoms with E-state index in [1.54, 1.807) is 0 Å². The lowest BCUT2D eigenvalue weighted by molar-refractivity contribution is 0.278. The van der Waals surface area contributed by atoms with Gasteiger partial charge in [-0.25, -0.2) is 0 Å². The SMILES string of the molecule is Cc1ccccc1N1C(C)c2oncc2C12CCCCC2. The molecule has 0 bridgehead atoms. The molecule has 0 saturated heterocycles. The van der Waals surface area contributed by atoms with Gasteiger partial charge in [0.25, 0.3) is 0 Å². The number of aromatic nitrogens is 1. The van der Waals surface area contributed by atoms with Crippen molar-refractivity contribution in [2.45, 2.75) is 57.5 Å². The number of nitrogens with zero attached hydrogens (tertiary/aromatic N) is 2. The van der Waals surface area contributed by atoms with Gasteiger partial charge in [0.1, 0.15) is 0 Å². The predicted molar refractivity (Wildman–Crippen MR) is 83.3 cm³/mol. The van der Waals surface area contributed by atoms with E-state index in [0.717, 1.165) is 5.76 Å². The first-order valence-corrected chi connectivity index (χ1v) is 8.04. The van der Waals surface area contributed by atoms with Crippen molar-refractivity contribution in [3.05, 3.63) is 47.3 Å². The number of aryl methyl sites for hydroxylation is 1. The Kier molecular flexibility index (Phi) is 2.84. The molecule has 1 unspecified atom stereocenters. The highest BCUT2D eigenvalue weighted by Gasteiger charge is 2.52. The Balaban J connectivity index is 1.89. The molecule has 1 fully saturated rings. The van der Waals surface area contributed by atoms with E-state index in [9.17, 15) is 0 Å². The van der Waals surface area contributed by atoms with E-state index in [1.165, 1.54) is 48.9 Å². The zero-order chi connectivity index (χ0) is 14.4. The van der Waals surface area contributed by atoms with Crippen molar-refractivity contribution in [2.75, 3.05) is 4.90 Å². The molecule has 1 atom stereocenters. The summed E-state index contributed by atoms with van der Waals surface area (Å²) in [6.45, 7) is 4.46. The molecule has 1 aliphatic carbocycles. The Bertz CT molecular complexity index is 655. The van der Waals surface area contributed by atoms with Crippen LogP contribution in [0.3, 0.4) is 0 Å². The summed E-state index contributed by atoms with van der Waals surface area (Å²) in [6, 6.07) is 8.98. The fourth-order valence-electron chi connectivity index (χ4n) is 4.44. The molecule has 0 amide bonds. The number of para-hydroxylation sites is 1. The standard InChI is InChI=1S/C18H22N2O/c1-13-8-4-5-9-16(13)20-14(2)17-15(12-19-21-17)18(20)10-6-3-7-11-18/h4-5,8-9,12,14H,3,6-7,10-11H2,1-2H3. The lowest BCUT2D eigenvalue weighted by Gasteiger charge is -2.45. The van der Waals surface area contributed by atoms with Crippen LogP contribution in [-0.2, 0) is 5.54 Å². The number of hydrogen-bond acceptors (Lipinski definition) is 3. The molecule has 110 valence electrons. The summed E-state index contributed by atoms with van der Waals surface area (Å²) >= 11 is 0. The minimum Gasteiger partial charge on any atom is -0.359 e. The lowest BCUT2D eigenvalue weighted by Crippen LogP contribution is -2.44. The van der Waals surface area contributed by atoms with Crippen LogP contribution in [0, 0.1) is 6.92 Å². The molecule has 1 aromatic heterocycles. The van der Waals surface area contributed by atoms with Gasteiger partial charge in [0.2, 0.25) is 0 Å². The van der Waals surface area contributed by atoms with Crippen LogP contribution in [0.5, 0.6) is 0 Å². The molecule has 1 aliphatic heterocycles. The van der Waals surface area contributed by atoms with Crippen molar-refractivity contribution >= 4 is 5.69 Å². The van der Waals surface area contributed by atoms with Gasteiger partial charge in [-0.15, -0.1) is 0 Å². The second-order valence-electron chi connectivity index (χ2n) is 6.53. The summed E-state index contributed by atoms with van der Waals surface area (Å²) in [5.41, 5.74) is 4.11. The predicted octanol–water partition coefficient (Wildman–Crippen LogP) is 4.72. The smallest absolute Gasteiger partial charge is 0.164 e. The topological polar surface area (TPSA) is 29.3 Å². The number of rotatable bonds is 1. The fraction of sp³-hybridized carbons (Fsp3) is 0.500. The maximum absolute atomic E-state index is 5.62. The van der Waals surface area contributed by atoms with Crippen LogP contribution >= 0.6 is 0 Å². The molecule has 2 aliphatic rings. The number of anilines is 1. The average Bonchev–Trinajstić information content (AvgIpc) is 3.06. The Labute approximate surface area is 125 Å². The monoisotopic (exact) mass is 282 g/mol. The normalized spacial score (nSPS) is 23.5. The van der Waals surface area contributed by atoms with Gasteiger partial charge in [0, 0.05) is 11.3 Å². The van der Waals surface area contributed by atoms with Gasteiger partial charge >= 0.3 is 0 Å². The highest BCUT2D eigenvalue weighted by Crippen LogP contribution is 2.55. The molecule has 0 radical (unpaired) electrons. The molecule has 0 N–H and O–H groups in total. The molecule has 1 saturated carbocycles. The first kappa shape index (κ1) is 12.9. The van der Waals surface area contributed by atoms with Crippen molar-refractivity contribution in [3.63, 3.8) is 0 Å². The van der Waals surface area contributed by atoms with Gasteiger partial charge in [0.15, 0.2) is 5.76 Å². The minimum absolute atomic E-state index is 0.0963. The van der Waals surface area contributed by atoms with Crippen LogP contribution in [0.4, 0.5) is 5.69 Å². The van der Waals surface area contributed by atoms with E-state index < -0.39 is 0 Å². The van der Waals surface area contributed by atoms with Gasteiger partial charge in [0.05, 0.1) is 17.8 Å². The largest absolute Gasteiger partial charge is 0.359 e. The minimum atomic E-state index is 0.0963. The van der Waals surface area contributed by atoms with Crippen molar-refractivity contribution in [2.24, 2.45) is 0 Å². The van der Waals surface area contributed by atoms with Crippen LogP contribution < -0.4 is 4.90 Å². The number of hydrogen-bond donors (Lipinski definition) is 0. The van der Waals surface area contributed by atoms with E-state index in [1.807, 2.05) is 6.20 Å². The molecular weight excluding hydrogens is 260 g/mol.